The van der Waals surface area contributed by atoms with Crippen LogP contribution in [0.25, 0.3) is 11.4 Å². The molecule has 7 heteroatoms. The Bertz CT molecular complexity index is 604. The molecule has 0 saturated carbocycles. The van der Waals surface area contributed by atoms with Crippen molar-refractivity contribution in [1.29, 1.82) is 0 Å². The molecule has 0 spiro atoms. The predicted molar refractivity (Wildman–Crippen MR) is 104 cm³/mol. The summed E-state index contributed by atoms with van der Waals surface area (Å²) in [5.41, 5.74) is 7.99. The van der Waals surface area contributed by atoms with Crippen molar-refractivity contribution in [3.05, 3.63) is 47.2 Å². The maximum Gasteiger partial charge on any atom is 0.159 e. The molecule has 1 aromatic carbocycles. The molecular formula is C17H23Cl3N4. The number of benzene rings is 1. The van der Waals surface area contributed by atoms with Crippen LogP contribution in [0.2, 0.25) is 5.02 Å². The van der Waals surface area contributed by atoms with Gasteiger partial charge in [0, 0.05) is 47.7 Å². The highest BCUT2D eigenvalue weighted by Crippen LogP contribution is 2.20. The van der Waals surface area contributed by atoms with Crippen molar-refractivity contribution >= 4 is 36.4 Å². The van der Waals surface area contributed by atoms with Crippen molar-refractivity contribution < 1.29 is 0 Å². The van der Waals surface area contributed by atoms with Gasteiger partial charge >= 0.3 is 0 Å². The molecular weight excluding hydrogens is 367 g/mol. The van der Waals surface area contributed by atoms with Crippen molar-refractivity contribution in [2.24, 2.45) is 5.73 Å². The van der Waals surface area contributed by atoms with Crippen LogP contribution in [0.4, 0.5) is 0 Å². The first-order valence-corrected chi connectivity index (χ1v) is 8.15. The fourth-order valence-electron chi connectivity index (χ4n) is 2.95. The van der Waals surface area contributed by atoms with Crippen molar-refractivity contribution in [3.63, 3.8) is 0 Å². The van der Waals surface area contributed by atoms with Gasteiger partial charge in [-0.3, -0.25) is 4.90 Å². The summed E-state index contributed by atoms with van der Waals surface area (Å²) in [4.78, 5) is 11.4. The Kier molecular flexibility index (Phi) is 8.95. The molecule has 0 bridgehead atoms. The Morgan fingerprint density at radius 3 is 2.38 bits per heavy atom. The molecule has 3 rings (SSSR count). The average molecular weight is 390 g/mol. The number of hydrogen-bond acceptors (Lipinski definition) is 4. The summed E-state index contributed by atoms with van der Waals surface area (Å²) in [6.07, 6.45) is 7.56. The molecule has 1 aliphatic rings. The molecule has 24 heavy (non-hydrogen) atoms. The highest BCUT2D eigenvalue weighted by atomic mass is 35.5. The molecule has 0 radical (unpaired) electrons. The Labute approximate surface area is 160 Å². The first kappa shape index (κ1) is 21.1. The number of halogens is 3. The van der Waals surface area contributed by atoms with Crippen LogP contribution in [-0.2, 0) is 6.54 Å². The summed E-state index contributed by atoms with van der Waals surface area (Å²) in [7, 11) is 0. The van der Waals surface area contributed by atoms with E-state index in [1.165, 1.54) is 19.3 Å². The van der Waals surface area contributed by atoms with E-state index in [1.807, 2.05) is 36.7 Å². The van der Waals surface area contributed by atoms with E-state index in [2.05, 4.69) is 14.9 Å². The minimum atomic E-state index is 0. The number of nitrogens with two attached hydrogens (primary N) is 1. The number of nitrogens with zero attached hydrogens (tertiary/aromatic N) is 3. The fraction of sp³-hybridized carbons (Fsp3) is 0.412. The fourth-order valence-corrected chi connectivity index (χ4v) is 3.08. The molecule has 0 amide bonds. The van der Waals surface area contributed by atoms with E-state index in [1.54, 1.807) is 0 Å². The zero-order chi connectivity index (χ0) is 15.4. The lowest BCUT2D eigenvalue weighted by atomic mass is 10.0. The average Bonchev–Trinajstić information content (AvgIpc) is 2.57. The number of hydrogen-bond donors (Lipinski definition) is 1. The lowest BCUT2D eigenvalue weighted by Crippen LogP contribution is -2.43. The second kappa shape index (κ2) is 10.2. The molecule has 0 aliphatic carbocycles. The quantitative estimate of drug-likeness (QED) is 0.860. The van der Waals surface area contributed by atoms with E-state index < -0.39 is 0 Å². The number of likely N-dealkylation sites (tertiary alicyclic amines) is 1. The molecule has 1 atom stereocenters. The second-order valence-electron chi connectivity index (χ2n) is 5.78. The van der Waals surface area contributed by atoms with Gasteiger partial charge in [0.1, 0.15) is 0 Å². The molecule has 2 heterocycles. The van der Waals surface area contributed by atoms with Gasteiger partial charge in [-0.05, 0) is 43.7 Å². The first-order chi connectivity index (χ1) is 10.8. The Morgan fingerprint density at radius 1 is 1.08 bits per heavy atom. The van der Waals surface area contributed by atoms with Crippen LogP contribution in [0, 0.1) is 0 Å². The van der Waals surface area contributed by atoms with E-state index in [0.29, 0.717) is 6.04 Å². The van der Waals surface area contributed by atoms with Crippen LogP contribution in [0.5, 0.6) is 0 Å². The molecule has 1 saturated heterocycles. The largest absolute Gasteiger partial charge is 0.329 e. The smallest absolute Gasteiger partial charge is 0.159 e. The van der Waals surface area contributed by atoms with E-state index in [0.717, 1.165) is 41.6 Å². The topological polar surface area (TPSA) is 55.0 Å². The molecule has 4 nitrogen and oxygen atoms in total. The van der Waals surface area contributed by atoms with Crippen LogP contribution in [0.15, 0.2) is 36.7 Å². The lowest BCUT2D eigenvalue weighted by molar-refractivity contribution is 0.144. The van der Waals surface area contributed by atoms with E-state index >= 15 is 0 Å². The summed E-state index contributed by atoms with van der Waals surface area (Å²) < 4.78 is 0. The van der Waals surface area contributed by atoms with Gasteiger partial charge in [-0.2, -0.15) is 0 Å². The van der Waals surface area contributed by atoms with Crippen LogP contribution in [-0.4, -0.2) is 34.0 Å². The maximum absolute atomic E-state index is 5.90. The Morgan fingerprint density at radius 2 is 1.75 bits per heavy atom. The molecule has 2 N–H and O–H groups in total. The normalized spacial score (nSPS) is 17.7. The van der Waals surface area contributed by atoms with Gasteiger partial charge in [0.25, 0.3) is 0 Å². The molecule has 1 aliphatic heterocycles. The van der Waals surface area contributed by atoms with Gasteiger partial charge < -0.3 is 5.73 Å². The third-order valence-electron chi connectivity index (χ3n) is 4.21. The van der Waals surface area contributed by atoms with E-state index in [-0.39, 0.29) is 24.8 Å². The van der Waals surface area contributed by atoms with Crippen LogP contribution in [0.1, 0.15) is 24.8 Å². The molecule has 1 fully saturated rings. The minimum Gasteiger partial charge on any atom is -0.329 e. The summed E-state index contributed by atoms with van der Waals surface area (Å²) in [5.74, 6) is 0.731. The van der Waals surface area contributed by atoms with Gasteiger partial charge in [-0.1, -0.05) is 18.0 Å². The van der Waals surface area contributed by atoms with Crippen molar-refractivity contribution in [2.75, 3.05) is 13.1 Å². The van der Waals surface area contributed by atoms with E-state index in [4.69, 9.17) is 17.3 Å². The van der Waals surface area contributed by atoms with E-state index in [9.17, 15) is 0 Å². The highest BCUT2D eigenvalue weighted by molar-refractivity contribution is 6.30. The van der Waals surface area contributed by atoms with Gasteiger partial charge in [0.15, 0.2) is 5.82 Å². The summed E-state index contributed by atoms with van der Waals surface area (Å²) in [5, 5.41) is 0.721. The SMILES string of the molecule is Cl.Cl.NCC1CCCCN1Cc1cnc(-c2ccc(Cl)cc2)nc1. The Balaban J connectivity index is 0.00000144. The lowest BCUT2D eigenvalue weighted by Gasteiger charge is -2.34. The molecule has 1 unspecified atom stereocenters. The first-order valence-electron chi connectivity index (χ1n) is 7.77. The van der Waals surface area contributed by atoms with Crippen molar-refractivity contribution in [1.82, 2.24) is 14.9 Å². The maximum atomic E-state index is 5.90. The summed E-state index contributed by atoms with van der Waals surface area (Å²) in [6.45, 7) is 2.72. The minimum absolute atomic E-state index is 0. The van der Waals surface area contributed by atoms with Gasteiger partial charge in [-0.25, -0.2) is 9.97 Å². The zero-order valence-corrected chi connectivity index (χ0v) is 15.8. The van der Waals surface area contributed by atoms with Gasteiger partial charge in [0.2, 0.25) is 0 Å². The summed E-state index contributed by atoms with van der Waals surface area (Å²) in [6, 6.07) is 8.07. The third-order valence-corrected chi connectivity index (χ3v) is 4.47. The van der Waals surface area contributed by atoms with Crippen LogP contribution in [0.3, 0.4) is 0 Å². The number of aromatic nitrogens is 2. The Hall–Kier alpha value is -0.910. The second-order valence-corrected chi connectivity index (χ2v) is 6.21. The number of rotatable bonds is 4. The van der Waals surface area contributed by atoms with Crippen molar-refractivity contribution in [3.8, 4) is 11.4 Å². The van der Waals surface area contributed by atoms with Crippen LogP contribution >= 0.6 is 36.4 Å². The third kappa shape index (κ3) is 5.30. The summed E-state index contributed by atoms with van der Waals surface area (Å²) >= 11 is 5.90. The molecule has 132 valence electrons. The highest BCUT2D eigenvalue weighted by Gasteiger charge is 2.21. The van der Waals surface area contributed by atoms with Crippen LogP contribution < -0.4 is 5.73 Å². The standard InChI is InChI=1S/C17H21ClN4.2ClH/c18-15-6-4-14(5-7-15)17-20-10-13(11-21-17)12-22-8-2-1-3-16(22)9-19;;/h4-7,10-11,16H,1-3,8-9,12,19H2;2*1H. The van der Waals surface area contributed by atoms with Crippen molar-refractivity contribution in [2.45, 2.75) is 31.8 Å². The zero-order valence-electron chi connectivity index (χ0n) is 13.4. The molecule has 2 aromatic rings. The molecule has 1 aromatic heterocycles. The monoisotopic (exact) mass is 388 g/mol. The van der Waals surface area contributed by atoms with Gasteiger partial charge in [-0.15, -0.1) is 24.8 Å². The predicted octanol–water partition coefficient (Wildman–Crippen LogP) is 3.95. The van der Waals surface area contributed by atoms with Gasteiger partial charge in [0.05, 0.1) is 0 Å². The number of piperidine rings is 1.